The van der Waals surface area contributed by atoms with Crippen LogP contribution >= 0.6 is 11.8 Å². The van der Waals surface area contributed by atoms with Crippen LogP contribution in [0.15, 0.2) is 0 Å². The molecule has 0 aromatic heterocycles. The van der Waals surface area contributed by atoms with Crippen LogP contribution < -0.4 is 5.73 Å². The van der Waals surface area contributed by atoms with Crippen LogP contribution in [0.1, 0.15) is 51.4 Å². The lowest BCUT2D eigenvalue weighted by Gasteiger charge is -2.42. The summed E-state index contributed by atoms with van der Waals surface area (Å²) in [5.41, 5.74) is 5.61. The van der Waals surface area contributed by atoms with Gasteiger partial charge in [-0.05, 0) is 31.4 Å². The molecule has 2 nitrogen and oxygen atoms in total. The van der Waals surface area contributed by atoms with Crippen molar-refractivity contribution in [2.45, 2.75) is 61.7 Å². The summed E-state index contributed by atoms with van der Waals surface area (Å²) < 4.78 is 0.346. The van der Waals surface area contributed by atoms with Crippen LogP contribution in [0.4, 0.5) is 0 Å². The van der Waals surface area contributed by atoms with Gasteiger partial charge in [-0.1, -0.05) is 25.7 Å². The summed E-state index contributed by atoms with van der Waals surface area (Å²) >= 11 is 2.09. The number of nitriles is 1. The van der Waals surface area contributed by atoms with Crippen molar-refractivity contribution in [3.05, 3.63) is 0 Å². The Bertz CT molecular complexity index is 263. The van der Waals surface area contributed by atoms with E-state index in [1.807, 2.05) is 0 Å². The minimum atomic E-state index is -0.532. The molecule has 2 aliphatic rings. The monoisotopic (exact) mass is 224 g/mol. The number of rotatable bonds is 0. The molecular weight excluding hydrogens is 204 g/mol. The SMILES string of the molecule is N#CC1(N)CCSC2(CCCCCC2)C1. The highest BCUT2D eigenvalue weighted by Crippen LogP contribution is 2.48. The predicted molar refractivity (Wildman–Crippen MR) is 64.7 cm³/mol. The van der Waals surface area contributed by atoms with Crippen LogP contribution in [0.25, 0.3) is 0 Å². The lowest BCUT2D eigenvalue weighted by atomic mass is 9.82. The van der Waals surface area contributed by atoms with Gasteiger partial charge in [0.1, 0.15) is 5.54 Å². The van der Waals surface area contributed by atoms with Gasteiger partial charge in [-0.2, -0.15) is 17.0 Å². The first-order valence-electron chi connectivity index (χ1n) is 6.02. The number of thioether (sulfide) groups is 1. The standard InChI is InChI=1S/C12H20N2S/c13-10-11(14)7-8-15-12(9-11)5-3-1-2-4-6-12/h1-9,14H2. The molecule has 1 spiro atoms. The molecule has 2 N–H and O–H groups in total. The summed E-state index contributed by atoms with van der Waals surface area (Å²) in [5.74, 6) is 1.07. The lowest BCUT2D eigenvalue weighted by Crippen LogP contribution is -2.49. The highest BCUT2D eigenvalue weighted by atomic mass is 32.2. The van der Waals surface area contributed by atoms with Crippen molar-refractivity contribution in [3.63, 3.8) is 0 Å². The normalized spacial score (nSPS) is 35.7. The molecule has 0 bridgehead atoms. The Morgan fingerprint density at radius 3 is 2.33 bits per heavy atom. The van der Waals surface area contributed by atoms with Crippen molar-refractivity contribution < 1.29 is 0 Å². The summed E-state index contributed by atoms with van der Waals surface area (Å²) in [5, 5.41) is 9.15. The third-order valence-corrected chi connectivity index (χ3v) is 5.40. The van der Waals surface area contributed by atoms with Gasteiger partial charge in [0.25, 0.3) is 0 Å². The van der Waals surface area contributed by atoms with Crippen LogP contribution in [0, 0.1) is 11.3 Å². The third kappa shape index (κ3) is 2.49. The molecule has 1 saturated heterocycles. The Morgan fingerprint density at radius 2 is 1.73 bits per heavy atom. The predicted octanol–water partition coefficient (Wildman–Crippen LogP) is 2.83. The van der Waals surface area contributed by atoms with E-state index in [-0.39, 0.29) is 0 Å². The molecule has 0 aromatic carbocycles. The first kappa shape index (κ1) is 11.3. The van der Waals surface area contributed by atoms with Crippen LogP contribution in [-0.4, -0.2) is 16.0 Å². The van der Waals surface area contributed by atoms with Crippen molar-refractivity contribution in [3.8, 4) is 6.07 Å². The molecule has 84 valence electrons. The molecule has 3 heteroatoms. The number of nitrogens with zero attached hydrogens (tertiary/aromatic N) is 1. The molecule has 1 aliphatic heterocycles. The molecule has 1 unspecified atom stereocenters. The maximum atomic E-state index is 9.15. The molecular formula is C12H20N2S. The topological polar surface area (TPSA) is 49.8 Å². The van der Waals surface area contributed by atoms with Gasteiger partial charge in [0.2, 0.25) is 0 Å². The number of nitrogens with two attached hydrogens (primary N) is 1. The molecule has 1 aliphatic carbocycles. The quantitative estimate of drug-likeness (QED) is 0.688. The van der Waals surface area contributed by atoms with Crippen LogP contribution in [-0.2, 0) is 0 Å². The Hall–Kier alpha value is -0.200. The minimum Gasteiger partial charge on any atom is -0.313 e. The van der Waals surface area contributed by atoms with E-state index in [1.165, 1.54) is 38.5 Å². The van der Waals surface area contributed by atoms with E-state index in [4.69, 9.17) is 11.0 Å². The molecule has 15 heavy (non-hydrogen) atoms. The maximum Gasteiger partial charge on any atom is 0.106 e. The fourth-order valence-electron chi connectivity index (χ4n) is 2.95. The van der Waals surface area contributed by atoms with Gasteiger partial charge in [0, 0.05) is 4.75 Å². The van der Waals surface area contributed by atoms with E-state index in [0.717, 1.165) is 18.6 Å². The second-order valence-corrected chi connectivity index (χ2v) is 6.70. The Kier molecular flexibility index (Phi) is 3.27. The Balaban J connectivity index is 2.10. The zero-order valence-electron chi connectivity index (χ0n) is 9.30. The molecule has 1 saturated carbocycles. The van der Waals surface area contributed by atoms with Crippen molar-refractivity contribution >= 4 is 11.8 Å². The number of hydrogen-bond acceptors (Lipinski definition) is 3. The fourth-order valence-corrected chi connectivity index (χ4v) is 4.79. The van der Waals surface area contributed by atoms with Crippen molar-refractivity contribution in [1.82, 2.24) is 0 Å². The summed E-state index contributed by atoms with van der Waals surface area (Å²) in [6.07, 6.45) is 9.73. The van der Waals surface area contributed by atoms with E-state index in [1.54, 1.807) is 0 Å². The van der Waals surface area contributed by atoms with Gasteiger partial charge in [-0.15, -0.1) is 0 Å². The van der Waals surface area contributed by atoms with Crippen molar-refractivity contribution in [2.75, 3.05) is 5.75 Å². The van der Waals surface area contributed by atoms with E-state index < -0.39 is 5.54 Å². The Labute approximate surface area is 96.6 Å². The van der Waals surface area contributed by atoms with Crippen LogP contribution in [0.5, 0.6) is 0 Å². The zero-order valence-corrected chi connectivity index (χ0v) is 10.1. The lowest BCUT2D eigenvalue weighted by molar-refractivity contribution is 0.358. The van der Waals surface area contributed by atoms with E-state index in [9.17, 15) is 0 Å². The Morgan fingerprint density at radius 1 is 1.07 bits per heavy atom. The minimum absolute atomic E-state index is 0.346. The summed E-state index contributed by atoms with van der Waals surface area (Å²) in [6.45, 7) is 0. The second-order valence-electron chi connectivity index (χ2n) is 5.14. The maximum absolute atomic E-state index is 9.15. The first-order valence-corrected chi connectivity index (χ1v) is 7.01. The van der Waals surface area contributed by atoms with Crippen molar-refractivity contribution in [1.29, 1.82) is 5.26 Å². The van der Waals surface area contributed by atoms with Crippen LogP contribution in [0.3, 0.4) is 0 Å². The largest absolute Gasteiger partial charge is 0.313 e. The van der Waals surface area contributed by atoms with E-state index >= 15 is 0 Å². The van der Waals surface area contributed by atoms with Gasteiger partial charge in [-0.3, -0.25) is 0 Å². The summed E-state index contributed by atoms with van der Waals surface area (Å²) in [7, 11) is 0. The van der Waals surface area contributed by atoms with E-state index in [0.29, 0.717) is 4.75 Å². The van der Waals surface area contributed by atoms with Gasteiger partial charge in [0.15, 0.2) is 0 Å². The average Bonchev–Trinajstić information content (AvgIpc) is 2.44. The molecule has 0 aromatic rings. The first-order chi connectivity index (χ1) is 7.18. The van der Waals surface area contributed by atoms with Gasteiger partial charge in [-0.25, -0.2) is 0 Å². The third-order valence-electron chi connectivity index (χ3n) is 3.83. The fraction of sp³-hybridized carbons (Fsp3) is 0.917. The molecule has 2 fully saturated rings. The van der Waals surface area contributed by atoms with Gasteiger partial charge in [0.05, 0.1) is 6.07 Å². The van der Waals surface area contributed by atoms with Crippen molar-refractivity contribution in [2.24, 2.45) is 5.73 Å². The summed E-state index contributed by atoms with van der Waals surface area (Å²) in [6, 6.07) is 2.34. The van der Waals surface area contributed by atoms with Gasteiger partial charge < -0.3 is 5.73 Å². The molecule has 0 amide bonds. The van der Waals surface area contributed by atoms with E-state index in [2.05, 4.69) is 17.8 Å². The molecule has 1 atom stereocenters. The average molecular weight is 224 g/mol. The molecule has 1 heterocycles. The molecule has 0 radical (unpaired) electrons. The highest BCUT2D eigenvalue weighted by Gasteiger charge is 2.43. The number of hydrogen-bond donors (Lipinski definition) is 1. The molecule has 2 rings (SSSR count). The summed E-state index contributed by atoms with van der Waals surface area (Å²) in [4.78, 5) is 0. The van der Waals surface area contributed by atoms with Gasteiger partial charge >= 0.3 is 0 Å². The highest BCUT2D eigenvalue weighted by molar-refractivity contribution is 8.00. The zero-order chi connectivity index (χ0) is 10.8. The smallest absolute Gasteiger partial charge is 0.106 e. The van der Waals surface area contributed by atoms with Crippen LogP contribution in [0.2, 0.25) is 0 Å². The second kappa shape index (κ2) is 4.35.